The van der Waals surface area contributed by atoms with Crippen LogP contribution in [-0.4, -0.2) is 69.8 Å². The molecule has 0 aliphatic rings. The van der Waals surface area contributed by atoms with Crippen LogP contribution in [0.3, 0.4) is 0 Å². The van der Waals surface area contributed by atoms with Crippen LogP contribution < -0.4 is 14.4 Å². The zero-order chi connectivity index (χ0) is 26.9. The minimum atomic E-state index is -4.23. The summed E-state index contributed by atoms with van der Waals surface area (Å²) < 4.78 is 47.7. The molecule has 2 rings (SSSR count). The third-order valence-electron chi connectivity index (χ3n) is 5.62. The summed E-state index contributed by atoms with van der Waals surface area (Å²) in [5.74, 6) is -1.25. The van der Waals surface area contributed by atoms with Crippen LogP contribution in [0.4, 0.5) is 10.1 Å². The largest absolute Gasteiger partial charge is 0.497 e. The van der Waals surface area contributed by atoms with E-state index in [-0.39, 0.29) is 18.1 Å². The third kappa shape index (κ3) is 7.41. The van der Waals surface area contributed by atoms with Crippen LogP contribution in [0, 0.1) is 5.82 Å². The van der Waals surface area contributed by atoms with Crippen molar-refractivity contribution in [3.8, 4) is 5.75 Å². The van der Waals surface area contributed by atoms with Crippen LogP contribution in [0.1, 0.15) is 32.3 Å². The molecular formula is C25H35FN4O5S. The van der Waals surface area contributed by atoms with E-state index in [2.05, 4.69) is 5.32 Å². The van der Waals surface area contributed by atoms with Crippen molar-refractivity contribution in [2.24, 2.45) is 0 Å². The second-order valence-corrected chi connectivity index (χ2v) is 10.5. The van der Waals surface area contributed by atoms with Gasteiger partial charge >= 0.3 is 10.2 Å². The number of hydrogen-bond donors (Lipinski definition) is 1. The SMILES string of the molecule is CCCCNC(=O)[C@H](C)N(Cc1cccc(OC)c1)C(=O)CN(c1ccccc1F)S(=O)(=O)N(C)C. The van der Waals surface area contributed by atoms with E-state index in [4.69, 9.17) is 4.74 Å². The predicted molar refractivity (Wildman–Crippen MR) is 137 cm³/mol. The quantitative estimate of drug-likeness (QED) is 0.408. The number of ether oxygens (including phenoxy) is 1. The minimum Gasteiger partial charge on any atom is -0.497 e. The molecule has 0 unspecified atom stereocenters. The van der Waals surface area contributed by atoms with E-state index in [1.807, 2.05) is 6.92 Å². The summed E-state index contributed by atoms with van der Waals surface area (Å²) >= 11 is 0. The highest BCUT2D eigenvalue weighted by atomic mass is 32.2. The number of anilines is 1. The molecule has 2 aromatic rings. The summed E-state index contributed by atoms with van der Waals surface area (Å²) in [6, 6.07) is 11.4. The van der Waals surface area contributed by atoms with Gasteiger partial charge in [-0.2, -0.15) is 12.7 Å². The number of amides is 2. The average molecular weight is 523 g/mol. The molecule has 0 fully saturated rings. The van der Waals surface area contributed by atoms with Gasteiger partial charge in [0.2, 0.25) is 11.8 Å². The van der Waals surface area contributed by atoms with Crippen molar-refractivity contribution in [3.63, 3.8) is 0 Å². The van der Waals surface area contributed by atoms with Gasteiger partial charge in [-0.15, -0.1) is 0 Å². The molecule has 9 nitrogen and oxygen atoms in total. The first-order valence-corrected chi connectivity index (χ1v) is 13.1. The van der Waals surface area contributed by atoms with E-state index < -0.39 is 34.5 Å². The number of unbranched alkanes of at least 4 members (excludes halogenated alkanes) is 1. The molecule has 11 heteroatoms. The molecule has 1 atom stereocenters. The fraction of sp³-hybridized carbons (Fsp3) is 0.440. The second kappa shape index (κ2) is 13.2. The summed E-state index contributed by atoms with van der Waals surface area (Å²) in [6.45, 7) is 3.35. The first kappa shape index (κ1) is 29.1. The molecule has 0 saturated heterocycles. The first-order chi connectivity index (χ1) is 17.0. The van der Waals surface area contributed by atoms with Crippen LogP contribution in [-0.2, 0) is 26.3 Å². The fourth-order valence-electron chi connectivity index (χ4n) is 3.44. The molecule has 36 heavy (non-hydrogen) atoms. The molecule has 1 N–H and O–H groups in total. The van der Waals surface area contributed by atoms with Gasteiger partial charge in [0.05, 0.1) is 12.8 Å². The number of carbonyl (C=O) groups is 2. The van der Waals surface area contributed by atoms with Gasteiger partial charge in [0, 0.05) is 27.2 Å². The number of methoxy groups -OCH3 is 1. The first-order valence-electron chi connectivity index (χ1n) is 11.7. The lowest BCUT2D eigenvalue weighted by Crippen LogP contribution is -2.52. The maximum Gasteiger partial charge on any atom is 0.304 e. The molecule has 0 bridgehead atoms. The van der Waals surface area contributed by atoms with Crippen molar-refractivity contribution in [3.05, 3.63) is 59.9 Å². The van der Waals surface area contributed by atoms with Gasteiger partial charge in [-0.1, -0.05) is 37.6 Å². The molecule has 0 aliphatic carbocycles. The number of para-hydroxylation sites is 1. The lowest BCUT2D eigenvalue weighted by atomic mass is 10.1. The minimum absolute atomic E-state index is 0.0194. The van der Waals surface area contributed by atoms with Gasteiger partial charge in [-0.3, -0.25) is 9.59 Å². The predicted octanol–water partition coefficient (Wildman–Crippen LogP) is 2.78. The molecule has 0 aromatic heterocycles. The molecule has 0 spiro atoms. The van der Waals surface area contributed by atoms with Gasteiger partial charge < -0.3 is 15.0 Å². The Morgan fingerprint density at radius 3 is 2.42 bits per heavy atom. The van der Waals surface area contributed by atoms with E-state index in [1.165, 1.54) is 44.3 Å². The highest BCUT2D eigenvalue weighted by Gasteiger charge is 2.33. The Labute approximate surface area is 213 Å². The molecular weight excluding hydrogens is 487 g/mol. The van der Waals surface area contributed by atoms with Crippen molar-refractivity contribution in [2.75, 3.05) is 38.6 Å². The third-order valence-corrected chi connectivity index (χ3v) is 7.43. The van der Waals surface area contributed by atoms with E-state index in [0.29, 0.717) is 22.2 Å². The van der Waals surface area contributed by atoms with Crippen LogP contribution in [0.5, 0.6) is 5.75 Å². The van der Waals surface area contributed by atoms with E-state index in [0.717, 1.165) is 23.2 Å². The molecule has 0 heterocycles. The molecule has 0 aliphatic heterocycles. The molecule has 0 saturated carbocycles. The van der Waals surface area contributed by atoms with E-state index in [1.54, 1.807) is 31.2 Å². The summed E-state index contributed by atoms with van der Waals surface area (Å²) in [5, 5.41) is 2.81. The molecule has 0 radical (unpaired) electrons. The maximum absolute atomic E-state index is 14.6. The van der Waals surface area contributed by atoms with E-state index >= 15 is 0 Å². The molecule has 2 aromatic carbocycles. The number of carbonyl (C=O) groups excluding carboxylic acids is 2. The van der Waals surface area contributed by atoms with Crippen molar-refractivity contribution in [1.29, 1.82) is 0 Å². The Kier molecular flexibility index (Phi) is 10.7. The highest BCUT2D eigenvalue weighted by Crippen LogP contribution is 2.24. The zero-order valence-electron chi connectivity index (χ0n) is 21.4. The highest BCUT2D eigenvalue weighted by molar-refractivity contribution is 7.90. The van der Waals surface area contributed by atoms with Gasteiger partial charge in [0.1, 0.15) is 24.2 Å². The van der Waals surface area contributed by atoms with Crippen LogP contribution in [0.25, 0.3) is 0 Å². The monoisotopic (exact) mass is 522 g/mol. The topological polar surface area (TPSA) is 99.3 Å². The average Bonchev–Trinajstić information content (AvgIpc) is 2.85. The summed E-state index contributed by atoms with van der Waals surface area (Å²) in [5.41, 5.74) is 0.421. The van der Waals surface area contributed by atoms with Gasteiger partial charge in [-0.05, 0) is 43.2 Å². The molecule has 198 valence electrons. The second-order valence-electron chi connectivity index (χ2n) is 8.44. The Bertz CT molecular complexity index is 1140. The van der Waals surface area contributed by atoms with E-state index in [9.17, 15) is 22.4 Å². The smallest absolute Gasteiger partial charge is 0.304 e. The number of benzene rings is 2. The summed E-state index contributed by atoms with van der Waals surface area (Å²) in [4.78, 5) is 27.8. The number of halogens is 1. The van der Waals surface area contributed by atoms with Crippen molar-refractivity contribution in [1.82, 2.24) is 14.5 Å². The maximum atomic E-state index is 14.6. The van der Waals surface area contributed by atoms with Gasteiger partial charge in [0.25, 0.3) is 0 Å². The van der Waals surface area contributed by atoms with Crippen LogP contribution in [0.15, 0.2) is 48.5 Å². The Morgan fingerprint density at radius 1 is 1.11 bits per heavy atom. The Balaban J connectivity index is 2.44. The normalized spacial score (nSPS) is 12.2. The lowest BCUT2D eigenvalue weighted by molar-refractivity contribution is -0.139. The number of rotatable bonds is 13. The van der Waals surface area contributed by atoms with Crippen LogP contribution in [0.2, 0.25) is 0 Å². The standard InChI is InChI=1S/C25H35FN4O5S/c1-6-7-15-27-25(32)19(2)29(17-20-11-10-12-21(16-20)35-5)24(31)18-30(36(33,34)28(3)4)23-14-9-8-13-22(23)26/h8-14,16,19H,6-7,15,17-18H2,1-5H3,(H,27,32)/t19-/m0/s1. The lowest BCUT2D eigenvalue weighted by Gasteiger charge is -2.33. The van der Waals surface area contributed by atoms with Crippen molar-refractivity contribution < 1.29 is 27.1 Å². The summed E-state index contributed by atoms with van der Waals surface area (Å²) in [6.07, 6.45) is 1.67. The van der Waals surface area contributed by atoms with Gasteiger partial charge in [0.15, 0.2) is 0 Å². The zero-order valence-corrected chi connectivity index (χ0v) is 22.2. The fourth-order valence-corrected chi connectivity index (χ4v) is 4.51. The van der Waals surface area contributed by atoms with Crippen molar-refractivity contribution in [2.45, 2.75) is 39.3 Å². The molecule has 2 amide bonds. The Morgan fingerprint density at radius 2 is 1.81 bits per heavy atom. The van der Waals surface area contributed by atoms with Gasteiger partial charge in [-0.25, -0.2) is 8.70 Å². The van der Waals surface area contributed by atoms with Crippen molar-refractivity contribution >= 4 is 27.7 Å². The number of hydrogen-bond acceptors (Lipinski definition) is 5. The number of nitrogens with zero attached hydrogens (tertiary/aromatic N) is 3. The number of nitrogens with one attached hydrogen (secondary N) is 1. The van der Waals surface area contributed by atoms with Crippen LogP contribution >= 0.6 is 0 Å². The summed E-state index contributed by atoms with van der Waals surface area (Å²) in [7, 11) is -0.119. The Hall–Kier alpha value is -3.18.